The molecule has 0 fully saturated rings. The summed E-state index contributed by atoms with van der Waals surface area (Å²) in [6, 6.07) is 15.1. The van der Waals surface area contributed by atoms with Gasteiger partial charge in [-0.1, -0.05) is 30.3 Å². The second kappa shape index (κ2) is 7.14. The number of rotatable bonds is 6. The maximum absolute atomic E-state index is 10.5. The van der Waals surface area contributed by atoms with Crippen molar-refractivity contribution in [1.82, 2.24) is 0 Å². The summed E-state index contributed by atoms with van der Waals surface area (Å²) in [5.74, 6) is 0.239. The number of hydrogen-bond donors (Lipinski definition) is 1. The van der Waals surface area contributed by atoms with Crippen LogP contribution in [-0.2, 0) is 11.4 Å². The van der Waals surface area contributed by atoms with Crippen LogP contribution in [0.2, 0.25) is 0 Å². The quantitative estimate of drug-likeness (QED) is 0.826. The molecule has 0 bridgehead atoms. The van der Waals surface area contributed by atoms with E-state index in [1.54, 1.807) is 18.2 Å². The zero-order chi connectivity index (χ0) is 15.1. The third-order valence-corrected chi connectivity index (χ3v) is 2.86. The van der Waals surface area contributed by atoms with Crippen LogP contribution >= 0.6 is 0 Å². The van der Waals surface area contributed by atoms with Crippen LogP contribution < -0.4 is 9.47 Å². The first-order valence-corrected chi connectivity index (χ1v) is 6.45. The van der Waals surface area contributed by atoms with E-state index in [1.807, 2.05) is 30.3 Å². The Morgan fingerprint density at radius 1 is 1.19 bits per heavy atom. The van der Waals surface area contributed by atoms with Gasteiger partial charge >= 0.3 is 5.97 Å². The SMILES string of the molecule is COc1cc(OCc2ccccc2)ccc1C=CC(=O)O. The molecule has 4 heteroatoms. The van der Waals surface area contributed by atoms with Gasteiger partial charge in [0, 0.05) is 17.7 Å². The molecule has 2 aromatic carbocycles. The second-order valence-electron chi connectivity index (χ2n) is 4.35. The Morgan fingerprint density at radius 3 is 2.62 bits per heavy atom. The van der Waals surface area contributed by atoms with E-state index >= 15 is 0 Å². The number of ether oxygens (including phenoxy) is 2. The fourth-order valence-corrected chi connectivity index (χ4v) is 1.82. The minimum absolute atomic E-state index is 0.467. The van der Waals surface area contributed by atoms with Crippen molar-refractivity contribution >= 4 is 12.0 Å². The molecular weight excluding hydrogens is 268 g/mol. The minimum atomic E-state index is -0.999. The highest BCUT2D eigenvalue weighted by molar-refractivity contribution is 5.86. The third-order valence-electron chi connectivity index (χ3n) is 2.86. The first-order chi connectivity index (χ1) is 10.2. The van der Waals surface area contributed by atoms with Gasteiger partial charge in [-0.15, -0.1) is 0 Å². The highest BCUT2D eigenvalue weighted by Gasteiger charge is 2.04. The molecule has 0 aliphatic heterocycles. The molecule has 0 aliphatic rings. The Balaban J connectivity index is 2.10. The lowest BCUT2D eigenvalue weighted by Gasteiger charge is -2.10. The third kappa shape index (κ3) is 4.38. The lowest BCUT2D eigenvalue weighted by molar-refractivity contribution is -0.131. The molecule has 0 heterocycles. The van der Waals surface area contributed by atoms with Gasteiger partial charge < -0.3 is 14.6 Å². The molecule has 0 spiro atoms. The van der Waals surface area contributed by atoms with Gasteiger partial charge in [0.25, 0.3) is 0 Å². The molecule has 0 radical (unpaired) electrons. The molecule has 0 aliphatic carbocycles. The molecule has 4 nitrogen and oxygen atoms in total. The molecule has 0 unspecified atom stereocenters. The van der Waals surface area contributed by atoms with E-state index in [1.165, 1.54) is 13.2 Å². The monoisotopic (exact) mass is 284 g/mol. The molecule has 0 saturated carbocycles. The van der Waals surface area contributed by atoms with Crippen molar-refractivity contribution in [3.8, 4) is 11.5 Å². The number of aliphatic carboxylic acids is 1. The Hall–Kier alpha value is -2.75. The van der Waals surface area contributed by atoms with Gasteiger partial charge in [0.2, 0.25) is 0 Å². The Morgan fingerprint density at radius 2 is 1.95 bits per heavy atom. The summed E-state index contributed by atoms with van der Waals surface area (Å²) in [5.41, 5.74) is 1.76. The molecular formula is C17H16O4. The Kier molecular flexibility index (Phi) is 4.99. The normalized spacial score (nSPS) is 10.5. The number of methoxy groups -OCH3 is 1. The van der Waals surface area contributed by atoms with E-state index in [0.717, 1.165) is 11.6 Å². The maximum atomic E-state index is 10.5. The molecule has 0 saturated heterocycles. The molecule has 21 heavy (non-hydrogen) atoms. The van der Waals surface area contributed by atoms with Crippen molar-refractivity contribution in [2.45, 2.75) is 6.61 Å². The summed E-state index contributed by atoms with van der Waals surface area (Å²) in [7, 11) is 1.54. The fourth-order valence-electron chi connectivity index (χ4n) is 1.82. The van der Waals surface area contributed by atoms with Crippen molar-refractivity contribution in [2.75, 3.05) is 7.11 Å². The summed E-state index contributed by atoms with van der Waals surface area (Å²) >= 11 is 0. The number of hydrogen-bond acceptors (Lipinski definition) is 3. The first kappa shape index (κ1) is 14.7. The van der Waals surface area contributed by atoms with Crippen LogP contribution in [0.5, 0.6) is 11.5 Å². The van der Waals surface area contributed by atoms with Crippen molar-refractivity contribution in [2.24, 2.45) is 0 Å². The lowest BCUT2D eigenvalue weighted by atomic mass is 10.1. The zero-order valence-corrected chi connectivity index (χ0v) is 11.7. The van der Waals surface area contributed by atoms with Crippen LogP contribution in [0.3, 0.4) is 0 Å². The van der Waals surface area contributed by atoms with E-state index in [4.69, 9.17) is 14.6 Å². The summed E-state index contributed by atoms with van der Waals surface area (Å²) in [6.45, 7) is 0.467. The van der Waals surface area contributed by atoms with Crippen molar-refractivity contribution in [3.05, 3.63) is 65.7 Å². The number of carboxylic acid groups (broad SMARTS) is 1. The van der Waals surface area contributed by atoms with Crippen molar-refractivity contribution in [1.29, 1.82) is 0 Å². The topological polar surface area (TPSA) is 55.8 Å². The standard InChI is InChI=1S/C17H16O4/c1-20-16-11-15(9-7-14(16)8-10-17(18)19)21-12-13-5-3-2-4-6-13/h2-11H,12H2,1H3,(H,18,19). The van der Waals surface area contributed by atoms with Gasteiger partial charge in [0.05, 0.1) is 7.11 Å². The molecule has 108 valence electrons. The van der Waals surface area contributed by atoms with Crippen LogP contribution in [0, 0.1) is 0 Å². The first-order valence-electron chi connectivity index (χ1n) is 6.45. The highest BCUT2D eigenvalue weighted by Crippen LogP contribution is 2.26. The van der Waals surface area contributed by atoms with Crippen molar-refractivity contribution in [3.63, 3.8) is 0 Å². The Labute approximate surface area is 123 Å². The van der Waals surface area contributed by atoms with Gasteiger partial charge in [-0.2, -0.15) is 0 Å². The summed E-state index contributed by atoms with van der Waals surface area (Å²) in [6.07, 6.45) is 2.56. The van der Waals surface area contributed by atoms with Crippen LogP contribution in [0.15, 0.2) is 54.6 Å². The molecule has 0 amide bonds. The van der Waals surface area contributed by atoms with Gasteiger partial charge in [0.1, 0.15) is 18.1 Å². The second-order valence-corrected chi connectivity index (χ2v) is 4.35. The van der Waals surface area contributed by atoms with Crippen LogP contribution in [0.4, 0.5) is 0 Å². The van der Waals surface area contributed by atoms with Crippen LogP contribution in [0.25, 0.3) is 6.08 Å². The number of carbonyl (C=O) groups is 1. The molecule has 2 aromatic rings. The van der Waals surface area contributed by atoms with E-state index < -0.39 is 5.97 Å². The molecule has 0 aromatic heterocycles. The van der Waals surface area contributed by atoms with E-state index in [0.29, 0.717) is 23.7 Å². The molecule has 2 rings (SSSR count). The van der Waals surface area contributed by atoms with Crippen molar-refractivity contribution < 1.29 is 19.4 Å². The lowest BCUT2D eigenvalue weighted by Crippen LogP contribution is -1.96. The number of carboxylic acids is 1. The zero-order valence-electron chi connectivity index (χ0n) is 11.7. The highest BCUT2D eigenvalue weighted by atomic mass is 16.5. The predicted molar refractivity (Wildman–Crippen MR) is 80.4 cm³/mol. The summed E-state index contributed by atoms with van der Waals surface area (Å²) < 4.78 is 10.9. The summed E-state index contributed by atoms with van der Waals surface area (Å²) in [4.78, 5) is 10.5. The van der Waals surface area contributed by atoms with Gasteiger partial charge in [-0.25, -0.2) is 4.79 Å². The minimum Gasteiger partial charge on any atom is -0.496 e. The average molecular weight is 284 g/mol. The van der Waals surface area contributed by atoms with Crippen LogP contribution in [0.1, 0.15) is 11.1 Å². The van der Waals surface area contributed by atoms with Gasteiger partial charge in [0.15, 0.2) is 0 Å². The van der Waals surface area contributed by atoms with Gasteiger partial charge in [-0.3, -0.25) is 0 Å². The molecule has 0 atom stereocenters. The predicted octanol–water partition coefficient (Wildman–Crippen LogP) is 3.37. The van der Waals surface area contributed by atoms with Crippen LogP contribution in [-0.4, -0.2) is 18.2 Å². The smallest absolute Gasteiger partial charge is 0.328 e. The largest absolute Gasteiger partial charge is 0.496 e. The molecule has 1 N–H and O–H groups in total. The van der Waals surface area contributed by atoms with E-state index in [-0.39, 0.29) is 0 Å². The average Bonchev–Trinajstić information content (AvgIpc) is 2.52. The summed E-state index contributed by atoms with van der Waals surface area (Å²) in [5, 5.41) is 8.65. The Bertz CT molecular complexity index is 632. The van der Waals surface area contributed by atoms with E-state index in [9.17, 15) is 4.79 Å². The van der Waals surface area contributed by atoms with Gasteiger partial charge in [-0.05, 0) is 23.8 Å². The maximum Gasteiger partial charge on any atom is 0.328 e. The fraction of sp³-hybridized carbons (Fsp3) is 0.118. The number of benzene rings is 2. The van der Waals surface area contributed by atoms with E-state index in [2.05, 4.69) is 0 Å².